The van der Waals surface area contributed by atoms with Crippen LogP contribution in [0, 0.1) is 0 Å². The minimum atomic E-state index is -1.41. The Hall–Kier alpha value is -1.09. The number of ether oxygens (including phenoxy) is 1. The van der Waals surface area contributed by atoms with Crippen LogP contribution in [0.15, 0.2) is 5.16 Å². The summed E-state index contributed by atoms with van der Waals surface area (Å²) in [6.45, 7) is -0.418. The SMILES string of the molecule is NC(N)=NO[C@H]1[C@@H](O)[C@H](O)O[C@@H]1CO. The van der Waals surface area contributed by atoms with Crippen LogP contribution in [-0.4, -0.2) is 52.5 Å². The van der Waals surface area contributed by atoms with Crippen LogP contribution in [0.25, 0.3) is 0 Å². The number of rotatable bonds is 3. The van der Waals surface area contributed by atoms with Crippen molar-refractivity contribution in [1.82, 2.24) is 0 Å². The average molecular weight is 207 g/mol. The molecule has 0 aromatic carbocycles. The fourth-order valence-electron chi connectivity index (χ4n) is 1.12. The third kappa shape index (κ3) is 2.23. The van der Waals surface area contributed by atoms with E-state index in [1.807, 2.05) is 0 Å². The number of nitrogens with two attached hydrogens (primary N) is 2. The first kappa shape index (κ1) is 11.0. The van der Waals surface area contributed by atoms with E-state index in [9.17, 15) is 5.11 Å². The highest BCUT2D eigenvalue weighted by atomic mass is 16.7. The molecule has 1 heterocycles. The summed E-state index contributed by atoms with van der Waals surface area (Å²) in [5, 5.41) is 30.4. The van der Waals surface area contributed by atoms with Gasteiger partial charge in [-0.1, -0.05) is 0 Å². The van der Waals surface area contributed by atoms with E-state index >= 15 is 0 Å². The number of nitrogens with zero attached hydrogens (tertiary/aromatic N) is 1. The monoisotopic (exact) mass is 207 g/mol. The molecular formula is C6H13N3O5. The maximum Gasteiger partial charge on any atom is 0.228 e. The molecule has 0 aromatic rings. The second-order valence-electron chi connectivity index (χ2n) is 2.82. The molecule has 1 aliphatic rings. The van der Waals surface area contributed by atoms with Gasteiger partial charge in [0.05, 0.1) is 6.61 Å². The van der Waals surface area contributed by atoms with E-state index in [-0.39, 0.29) is 5.96 Å². The zero-order chi connectivity index (χ0) is 10.7. The molecule has 8 heteroatoms. The lowest BCUT2D eigenvalue weighted by Crippen LogP contribution is -2.36. The highest BCUT2D eigenvalue weighted by Crippen LogP contribution is 2.22. The Labute approximate surface area is 79.7 Å². The molecule has 0 saturated carbocycles. The van der Waals surface area contributed by atoms with Crippen molar-refractivity contribution in [3.63, 3.8) is 0 Å². The van der Waals surface area contributed by atoms with Gasteiger partial charge < -0.3 is 36.4 Å². The molecule has 7 N–H and O–H groups in total. The number of hydrogen-bond donors (Lipinski definition) is 5. The van der Waals surface area contributed by atoms with E-state index in [1.165, 1.54) is 0 Å². The number of guanidine groups is 1. The van der Waals surface area contributed by atoms with Gasteiger partial charge in [-0.15, -0.1) is 0 Å². The van der Waals surface area contributed by atoms with Crippen LogP contribution in [-0.2, 0) is 9.57 Å². The zero-order valence-electron chi connectivity index (χ0n) is 7.28. The number of aliphatic hydroxyl groups excluding tert-OH is 3. The fraction of sp³-hybridized carbons (Fsp3) is 0.833. The zero-order valence-corrected chi connectivity index (χ0v) is 7.28. The quantitative estimate of drug-likeness (QED) is 0.184. The van der Waals surface area contributed by atoms with Crippen molar-refractivity contribution in [2.24, 2.45) is 16.6 Å². The predicted octanol–water partition coefficient (Wildman–Crippen LogP) is -3.37. The lowest BCUT2D eigenvalue weighted by Gasteiger charge is -2.15. The van der Waals surface area contributed by atoms with Gasteiger partial charge in [-0.2, -0.15) is 0 Å². The van der Waals surface area contributed by atoms with Crippen molar-refractivity contribution in [1.29, 1.82) is 0 Å². The van der Waals surface area contributed by atoms with Crippen LogP contribution in [0.1, 0.15) is 0 Å². The Kier molecular flexibility index (Phi) is 3.47. The summed E-state index contributed by atoms with van der Waals surface area (Å²) in [5.74, 6) is -0.324. The third-order valence-corrected chi connectivity index (χ3v) is 1.77. The van der Waals surface area contributed by atoms with Gasteiger partial charge in [0, 0.05) is 0 Å². The average Bonchev–Trinajstić information content (AvgIpc) is 2.40. The van der Waals surface area contributed by atoms with Crippen molar-refractivity contribution < 1.29 is 24.9 Å². The van der Waals surface area contributed by atoms with E-state index in [0.29, 0.717) is 0 Å². The summed E-state index contributed by atoms with van der Waals surface area (Å²) in [4.78, 5) is 4.69. The van der Waals surface area contributed by atoms with Crippen molar-refractivity contribution >= 4 is 5.96 Å². The Balaban J connectivity index is 2.59. The highest BCUT2D eigenvalue weighted by Gasteiger charge is 2.44. The van der Waals surface area contributed by atoms with Crippen molar-refractivity contribution in [2.45, 2.75) is 24.6 Å². The Bertz CT molecular complexity index is 220. The van der Waals surface area contributed by atoms with Crippen molar-refractivity contribution in [3.8, 4) is 0 Å². The van der Waals surface area contributed by atoms with Gasteiger partial charge >= 0.3 is 0 Å². The summed E-state index contributed by atoms with van der Waals surface area (Å²) in [5.41, 5.74) is 9.99. The van der Waals surface area contributed by atoms with E-state index in [0.717, 1.165) is 0 Å². The standard InChI is InChI=1S/C6H13N3O5/c7-6(8)9-14-4-2(1-10)13-5(12)3(4)11/h2-5,10-12H,1H2,(H4,7,8,9)/t2-,3-,4-,5-/m1/s1. The predicted molar refractivity (Wildman–Crippen MR) is 44.7 cm³/mol. The summed E-state index contributed by atoms with van der Waals surface area (Å²) in [6.07, 6.45) is -4.55. The molecule has 14 heavy (non-hydrogen) atoms. The first-order valence-electron chi connectivity index (χ1n) is 3.93. The largest absolute Gasteiger partial charge is 0.394 e. The maximum absolute atomic E-state index is 9.31. The molecule has 0 aliphatic carbocycles. The van der Waals surface area contributed by atoms with Gasteiger partial charge in [0.1, 0.15) is 12.2 Å². The molecular weight excluding hydrogens is 194 g/mol. The molecule has 1 rings (SSSR count). The minimum Gasteiger partial charge on any atom is -0.394 e. The fourth-order valence-corrected chi connectivity index (χ4v) is 1.12. The first-order chi connectivity index (χ1) is 6.56. The molecule has 4 atom stereocenters. The number of hydrogen-bond acceptors (Lipinski definition) is 6. The molecule has 0 unspecified atom stereocenters. The van der Waals surface area contributed by atoms with Crippen LogP contribution in [0.2, 0.25) is 0 Å². The molecule has 0 radical (unpaired) electrons. The van der Waals surface area contributed by atoms with Gasteiger partial charge in [-0.3, -0.25) is 0 Å². The molecule has 1 fully saturated rings. The molecule has 0 amide bonds. The smallest absolute Gasteiger partial charge is 0.228 e. The summed E-state index contributed by atoms with van der Waals surface area (Å²) in [7, 11) is 0. The Morgan fingerprint density at radius 1 is 1.43 bits per heavy atom. The highest BCUT2D eigenvalue weighted by molar-refractivity contribution is 5.74. The summed E-state index contributed by atoms with van der Waals surface area (Å²) < 4.78 is 4.75. The second kappa shape index (κ2) is 4.42. The van der Waals surface area contributed by atoms with Crippen LogP contribution >= 0.6 is 0 Å². The number of oxime groups is 1. The van der Waals surface area contributed by atoms with E-state index in [2.05, 4.69) is 5.16 Å². The molecule has 0 spiro atoms. The summed E-state index contributed by atoms with van der Waals surface area (Å²) in [6, 6.07) is 0. The Morgan fingerprint density at radius 3 is 2.57 bits per heavy atom. The normalized spacial score (nSPS) is 36.8. The van der Waals surface area contributed by atoms with Crippen LogP contribution < -0.4 is 11.5 Å². The lowest BCUT2D eigenvalue weighted by molar-refractivity contribution is -0.132. The van der Waals surface area contributed by atoms with Crippen LogP contribution in [0.4, 0.5) is 0 Å². The molecule has 1 aliphatic heterocycles. The number of aliphatic hydroxyl groups is 3. The molecule has 0 bridgehead atoms. The topological polar surface area (TPSA) is 144 Å². The van der Waals surface area contributed by atoms with Gasteiger partial charge in [0.2, 0.25) is 5.96 Å². The first-order valence-corrected chi connectivity index (χ1v) is 3.93. The Morgan fingerprint density at radius 2 is 2.07 bits per heavy atom. The van der Waals surface area contributed by atoms with Crippen molar-refractivity contribution in [2.75, 3.05) is 6.61 Å². The van der Waals surface area contributed by atoms with Crippen LogP contribution in [0.3, 0.4) is 0 Å². The molecule has 0 aromatic heterocycles. The van der Waals surface area contributed by atoms with Gasteiger partial charge in [-0.25, -0.2) is 0 Å². The minimum absolute atomic E-state index is 0.324. The molecule has 82 valence electrons. The van der Waals surface area contributed by atoms with Crippen LogP contribution in [0.5, 0.6) is 0 Å². The maximum atomic E-state index is 9.31. The summed E-state index contributed by atoms with van der Waals surface area (Å²) >= 11 is 0. The second-order valence-corrected chi connectivity index (χ2v) is 2.82. The van der Waals surface area contributed by atoms with Gasteiger partial charge in [-0.05, 0) is 5.16 Å². The van der Waals surface area contributed by atoms with Gasteiger partial charge in [0.15, 0.2) is 12.4 Å². The third-order valence-electron chi connectivity index (χ3n) is 1.77. The van der Waals surface area contributed by atoms with E-state index < -0.39 is 31.2 Å². The van der Waals surface area contributed by atoms with Crippen molar-refractivity contribution in [3.05, 3.63) is 0 Å². The van der Waals surface area contributed by atoms with Gasteiger partial charge in [0.25, 0.3) is 0 Å². The van der Waals surface area contributed by atoms with E-state index in [1.54, 1.807) is 0 Å². The molecule has 1 saturated heterocycles. The van der Waals surface area contributed by atoms with E-state index in [4.69, 9.17) is 31.3 Å². The molecule has 8 nitrogen and oxygen atoms in total. The lowest BCUT2D eigenvalue weighted by atomic mass is 10.1.